The number of amides is 2. The number of carbonyl (C=O) groups excluding carboxylic acids is 1. The Morgan fingerprint density at radius 2 is 1.94 bits per heavy atom. The molecule has 0 spiro atoms. The van der Waals surface area contributed by atoms with E-state index in [2.05, 4.69) is 15.2 Å². The number of nitrogens with zero attached hydrogens (tertiary/aromatic N) is 2. The number of methoxy groups -OCH3 is 1. The summed E-state index contributed by atoms with van der Waals surface area (Å²) >= 11 is 6.03. The van der Waals surface area contributed by atoms with Gasteiger partial charge in [0, 0.05) is 28.9 Å². The van der Waals surface area contributed by atoms with Gasteiger partial charge in [-0.05, 0) is 68.8 Å². The number of aromatic nitrogens is 1. The van der Waals surface area contributed by atoms with E-state index >= 15 is 0 Å². The van der Waals surface area contributed by atoms with Gasteiger partial charge in [0.1, 0.15) is 5.75 Å². The molecule has 0 saturated heterocycles. The normalized spacial score (nSPS) is 11.0. The van der Waals surface area contributed by atoms with E-state index in [0.29, 0.717) is 34.1 Å². The highest BCUT2D eigenvalue weighted by atomic mass is 35.5. The summed E-state index contributed by atoms with van der Waals surface area (Å²) in [6.45, 7) is 1.52. The summed E-state index contributed by atoms with van der Waals surface area (Å²) in [5.74, 6) is 0.669. The van der Waals surface area contributed by atoms with Crippen LogP contribution in [0.2, 0.25) is 5.02 Å². The lowest BCUT2D eigenvalue weighted by atomic mass is 10.1. The number of H-pyrrole nitrogens is 1. The SMILES string of the molecule is COc1ccc2cc(CN(CCCN(C)C)C(=O)Nc3cccc(Cl)c3)c(=O)[nH]c2c1. The van der Waals surface area contributed by atoms with Crippen LogP contribution in [-0.4, -0.2) is 55.1 Å². The number of hydrogen-bond acceptors (Lipinski definition) is 4. The molecule has 0 radical (unpaired) electrons. The number of pyridine rings is 1. The Morgan fingerprint density at radius 1 is 1.13 bits per heavy atom. The molecule has 2 N–H and O–H groups in total. The van der Waals surface area contributed by atoms with Crippen molar-refractivity contribution in [2.24, 2.45) is 0 Å². The van der Waals surface area contributed by atoms with Crippen LogP contribution in [0.3, 0.4) is 0 Å². The molecule has 3 rings (SSSR count). The third-order valence-electron chi connectivity index (χ3n) is 4.89. The maximum Gasteiger partial charge on any atom is 0.322 e. The Balaban J connectivity index is 1.83. The molecule has 2 amide bonds. The molecule has 1 aromatic heterocycles. The summed E-state index contributed by atoms with van der Waals surface area (Å²) in [5.41, 5.74) is 1.59. The molecule has 0 atom stereocenters. The van der Waals surface area contributed by atoms with Crippen molar-refractivity contribution < 1.29 is 9.53 Å². The van der Waals surface area contributed by atoms with Gasteiger partial charge in [-0.15, -0.1) is 0 Å². The number of halogens is 1. The maximum atomic E-state index is 13.0. The van der Waals surface area contributed by atoms with Crippen molar-refractivity contribution in [1.82, 2.24) is 14.8 Å². The zero-order chi connectivity index (χ0) is 22.4. The summed E-state index contributed by atoms with van der Waals surface area (Å²) in [4.78, 5) is 32.3. The van der Waals surface area contributed by atoms with E-state index in [4.69, 9.17) is 16.3 Å². The number of fused-ring (bicyclic) bond motifs is 1. The van der Waals surface area contributed by atoms with Gasteiger partial charge in [-0.3, -0.25) is 4.79 Å². The van der Waals surface area contributed by atoms with Crippen LogP contribution in [0, 0.1) is 0 Å². The summed E-state index contributed by atoms with van der Waals surface area (Å²) in [6.07, 6.45) is 0.776. The Hall–Kier alpha value is -3.03. The van der Waals surface area contributed by atoms with E-state index in [-0.39, 0.29) is 18.1 Å². The molecule has 7 nitrogen and oxygen atoms in total. The molecule has 2 aromatic carbocycles. The summed E-state index contributed by atoms with van der Waals surface area (Å²) in [6, 6.07) is 14.0. The molecule has 8 heteroatoms. The van der Waals surface area contributed by atoms with Gasteiger partial charge in [0.2, 0.25) is 0 Å². The molecule has 0 fully saturated rings. The molecule has 31 heavy (non-hydrogen) atoms. The molecule has 0 unspecified atom stereocenters. The highest BCUT2D eigenvalue weighted by Crippen LogP contribution is 2.20. The van der Waals surface area contributed by atoms with Crippen LogP contribution in [-0.2, 0) is 6.54 Å². The quantitative estimate of drug-likeness (QED) is 0.548. The minimum atomic E-state index is -0.282. The average molecular weight is 443 g/mol. The van der Waals surface area contributed by atoms with Gasteiger partial charge >= 0.3 is 6.03 Å². The lowest BCUT2D eigenvalue weighted by Crippen LogP contribution is -2.37. The minimum Gasteiger partial charge on any atom is -0.497 e. The van der Waals surface area contributed by atoms with E-state index in [1.165, 1.54) is 0 Å². The van der Waals surface area contributed by atoms with Gasteiger partial charge in [-0.2, -0.15) is 0 Å². The first-order chi connectivity index (χ1) is 14.9. The summed E-state index contributed by atoms with van der Waals surface area (Å²) < 4.78 is 5.22. The second-order valence-electron chi connectivity index (χ2n) is 7.60. The number of urea groups is 1. The Kier molecular flexibility index (Phi) is 7.55. The van der Waals surface area contributed by atoms with Crippen molar-refractivity contribution in [3.63, 3.8) is 0 Å². The molecule has 0 aliphatic carbocycles. The molecule has 0 saturated carbocycles. The predicted octanol–water partition coefficient (Wildman–Crippen LogP) is 4.18. The van der Waals surface area contributed by atoms with Gasteiger partial charge in [0.15, 0.2) is 0 Å². The number of rotatable bonds is 8. The molecule has 164 valence electrons. The highest BCUT2D eigenvalue weighted by molar-refractivity contribution is 6.30. The molecule has 1 heterocycles. The van der Waals surface area contributed by atoms with Crippen molar-refractivity contribution >= 4 is 34.2 Å². The molecule has 0 bridgehead atoms. The third kappa shape index (κ3) is 6.23. The lowest BCUT2D eigenvalue weighted by Gasteiger charge is -2.24. The first kappa shape index (κ1) is 22.7. The van der Waals surface area contributed by atoms with Crippen molar-refractivity contribution in [2.75, 3.05) is 39.6 Å². The highest BCUT2D eigenvalue weighted by Gasteiger charge is 2.17. The van der Waals surface area contributed by atoms with E-state index in [1.807, 2.05) is 32.3 Å². The van der Waals surface area contributed by atoms with Crippen molar-refractivity contribution in [2.45, 2.75) is 13.0 Å². The van der Waals surface area contributed by atoms with Gasteiger partial charge < -0.3 is 24.8 Å². The van der Waals surface area contributed by atoms with Crippen LogP contribution in [0.1, 0.15) is 12.0 Å². The second kappa shape index (κ2) is 10.3. The Labute approximate surface area is 186 Å². The largest absolute Gasteiger partial charge is 0.497 e. The number of carbonyl (C=O) groups is 1. The van der Waals surface area contributed by atoms with Crippen molar-refractivity contribution in [3.05, 3.63) is 69.5 Å². The van der Waals surface area contributed by atoms with Crippen molar-refractivity contribution in [1.29, 1.82) is 0 Å². The smallest absolute Gasteiger partial charge is 0.322 e. The number of hydrogen-bond donors (Lipinski definition) is 2. The van der Waals surface area contributed by atoms with Gasteiger partial charge in [0.05, 0.1) is 19.2 Å². The van der Waals surface area contributed by atoms with E-state index in [1.54, 1.807) is 42.3 Å². The van der Waals surface area contributed by atoms with Crippen LogP contribution in [0.25, 0.3) is 10.9 Å². The van der Waals surface area contributed by atoms with Crippen LogP contribution in [0.15, 0.2) is 53.3 Å². The lowest BCUT2D eigenvalue weighted by molar-refractivity contribution is 0.205. The van der Waals surface area contributed by atoms with Crippen molar-refractivity contribution in [3.8, 4) is 5.75 Å². The maximum absolute atomic E-state index is 13.0. The van der Waals surface area contributed by atoms with E-state index in [0.717, 1.165) is 18.4 Å². The Bertz CT molecular complexity index is 1110. The zero-order valence-corrected chi connectivity index (χ0v) is 18.7. The van der Waals surface area contributed by atoms with Crippen LogP contribution in [0.5, 0.6) is 5.75 Å². The van der Waals surface area contributed by atoms with Crippen LogP contribution < -0.4 is 15.6 Å². The Morgan fingerprint density at radius 3 is 2.65 bits per heavy atom. The average Bonchev–Trinajstić information content (AvgIpc) is 2.72. The van der Waals surface area contributed by atoms with Crippen LogP contribution >= 0.6 is 11.6 Å². The number of nitrogens with one attached hydrogen (secondary N) is 2. The van der Waals surface area contributed by atoms with E-state index < -0.39 is 0 Å². The number of benzene rings is 2. The molecule has 0 aliphatic rings. The van der Waals surface area contributed by atoms with Gasteiger partial charge in [-0.1, -0.05) is 17.7 Å². The molecular weight excluding hydrogens is 416 g/mol. The first-order valence-corrected chi connectivity index (χ1v) is 10.4. The molecular formula is C23H27ClN4O3. The monoisotopic (exact) mass is 442 g/mol. The summed E-state index contributed by atoms with van der Waals surface area (Å²) in [7, 11) is 5.55. The zero-order valence-electron chi connectivity index (χ0n) is 17.9. The molecule has 3 aromatic rings. The van der Waals surface area contributed by atoms with Gasteiger partial charge in [0.25, 0.3) is 5.56 Å². The van der Waals surface area contributed by atoms with Crippen LogP contribution in [0.4, 0.5) is 10.5 Å². The second-order valence-corrected chi connectivity index (χ2v) is 8.03. The van der Waals surface area contributed by atoms with E-state index in [9.17, 15) is 9.59 Å². The summed E-state index contributed by atoms with van der Waals surface area (Å²) in [5, 5.41) is 4.29. The minimum absolute atomic E-state index is 0.192. The predicted molar refractivity (Wildman–Crippen MR) is 125 cm³/mol. The standard InChI is InChI=1S/C23H27ClN4O3/c1-27(2)10-5-11-28(23(30)25-19-7-4-6-18(24)13-19)15-17-12-16-8-9-20(31-3)14-21(16)26-22(17)29/h4,6-9,12-14H,5,10-11,15H2,1-3H3,(H,25,30)(H,26,29). The van der Waals surface area contributed by atoms with Gasteiger partial charge in [-0.25, -0.2) is 4.79 Å². The number of ether oxygens (including phenoxy) is 1. The fraction of sp³-hybridized carbons (Fsp3) is 0.304. The number of anilines is 1. The molecule has 0 aliphatic heterocycles. The first-order valence-electron chi connectivity index (χ1n) is 10.0. The fourth-order valence-electron chi connectivity index (χ4n) is 3.27. The number of aromatic amines is 1. The fourth-order valence-corrected chi connectivity index (χ4v) is 3.46. The topological polar surface area (TPSA) is 77.7 Å². The third-order valence-corrected chi connectivity index (χ3v) is 5.12.